The normalized spacial score (nSPS) is 21.4. The summed E-state index contributed by atoms with van der Waals surface area (Å²) in [7, 11) is 2.10. The summed E-state index contributed by atoms with van der Waals surface area (Å²) in [5.41, 5.74) is 0. The second-order valence-electron chi connectivity index (χ2n) is 5.15. The van der Waals surface area contributed by atoms with E-state index in [0.29, 0.717) is 18.4 Å². The average Bonchev–Trinajstić information content (AvgIpc) is 2.41. The molecular weight excluding hydrogens is 239 g/mol. The SMILES string of the molecule is C.CN1CCC(C=O)CC1.OCC1CCNCC1.[B]. The Hall–Kier alpha value is -0.385. The van der Waals surface area contributed by atoms with Gasteiger partial charge in [-0.25, -0.2) is 0 Å². The third-order valence-corrected chi connectivity index (χ3v) is 3.67. The molecule has 2 saturated heterocycles. The van der Waals surface area contributed by atoms with Crippen LogP contribution in [0.4, 0.5) is 0 Å². The number of aldehydes is 1. The predicted molar refractivity (Wildman–Crippen MR) is 81.4 cm³/mol. The van der Waals surface area contributed by atoms with E-state index < -0.39 is 0 Å². The molecule has 2 heterocycles. The summed E-state index contributed by atoms with van der Waals surface area (Å²) in [5.74, 6) is 0.928. The van der Waals surface area contributed by atoms with Gasteiger partial charge >= 0.3 is 0 Å². The van der Waals surface area contributed by atoms with E-state index in [1.54, 1.807) is 0 Å². The number of nitrogens with one attached hydrogen (secondary N) is 1. The van der Waals surface area contributed by atoms with Gasteiger partial charge in [0.2, 0.25) is 0 Å². The Bertz CT molecular complexity index is 204. The van der Waals surface area contributed by atoms with Crippen molar-refractivity contribution in [3.63, 3.8) is 0 Å². The third-order valence-electron chi connectivity index (χ3n) is 3.67. The molecule has 19 heavy (non-hydrogen) atoms. The molecule has 2 rings (SSSR count). The van der Waals surface area contributed by atoms with Gasteiger partial charge in [0.15, 0.2) is 0 Å². The highest BCUT2D eigenvalue weighted by Crippen LogP contribution is 2.12. The van der Waals surface area contributed by atoms with Crippen LogP contribution in [0.5, 0.6) is 0 Å². The van der Waals surface area contributed by atoms with Crippen molar-refractivity contribution in [2.24, 2.45) is 11.8 Å². The largest absolute Gasteiger partial charge is 0.396 e. The number of aliphatic hydroxyl groups excluding tert-OH is 1. The minimum atomic E-state index is 0. The molecule has 0 aromatic rings. The maximum atomic E-state index is 10.2. The van der Waals surface area contributed by atoms with Crippen LogP contribution >= 0.6 is 0 Å². The first-order valence-electron chi connectivity index (χ1n) is 6.71. The molecule has 5 heteroatoms. The van der Waals surface area contributed by atoms with Crippen molar-refractivity contribution >= 4 is 14.7 Å². The third kappa shape index (κ3) is 9.19. The molecule has 3 radical (unpaired) electrons. The van der Waals surface area contributed by atoms with Crippen molar-refractivity contribution < 1.29 is 9.90 Å². The molecule has 0 unspecified atom stereocenters. The molecule has 0 saturated carbocycles. The van der Waals surface area contributed by atoms with Crippen LogP contribution in [0.15, 0.2) is 0 Å². The van der Waals surface area contributed by atoms with Crippen LogP contribution in [0.2, 0.25) is 0 Å². The number of aliphatic hydroxyl groups is 1. The van der Waals surface area contributed by atoms with E-state index in [-0.39, 0.29) is 15.8 Å². The minimum absolute atomic E-state index is 0. The maximum absolute atomic E-state index is 10.2. The summed E-state index contributed by atoms with van der Waals surface area (Å²) in [6.07, 6.45) is 5.50. The van der Waals surface area contributed by atoms with Gasteiger partial charge in [-0.05, 0) is 64.8 Å². The highest BCUT2D eigenvalue weighted by atomic mass is 16.3. The van der Waals surface area contributed by atoms with Crippen LogP contribution in [-0.2, 0) is 4.79 Å². The number of hydrogen-bond donors (Lipinski definition) is 2. The van der Waals surface area contributed by atoms with Crippen molar-refractivity contribution in [1.82, 2.24) is 10.2 Å². The van der Waals surface area contributed by atoms with Crippen LogP contribution < -0.4 is 5.32 Å². The molecule has 0 amide bonds. The molecule has 0 aliphatic carbocycles. The van der Waals surface area contributed by atoms with E-state index >= 15 is 0 Å². The van der Waals surface area contributed by atoms with Crippen molar-refractivity contribution in [3.05, 3.63) is 0 Å². The Morgan fingerprint density at radius 1 is 1.21 bits per heavy atom. The topological polar surface area (TPSA) is 52.6 Å². The molecule has 2 N–H and O–H groups in total. The van der Waals surface area contributed by atoms with Crippen LogP contribution in [-0.4, -0.2) is 64.5 Å². The zero-order valence-corrected chi connectivity index (χ0v) is 11.5. The second-order valence-corrected chi connectivity index (χ2v) is 5.15. The lowest BCUT2D eigenvalue weighted by Gasteiger charge is -2.25. The fourth-order valence-corrected chi connectivity index (χ4v) is 2.23. The highest BCUT2D eigenvalue weighted by Gasteiger charge is 2.14. The fraction of sp³-hybridized carbons (Fsp3) is 0.929. The molecule has 111 valence electrons. The first-order chi connectivity index (χ1) is 8.26. The Morgan fingerprint density at radius 2 is 1.74 bits per heavy atom. The van der Waals surface area contributed by atoms with Gasteiger partial charge in [0, 0.05) is 20.9 Å². The van der Waals surface area contributed by atoms with Crippen molar-refractivity contribution in [2.45, 2.75) is 33.1 Å². The van der Waals surface area contributed by atoms with E-state index in [1.165, 1.54) is 0 Å². The number of likely N-dealkylation sites (tertiary alicyclic amines) is 1. The first kappa shape index (κ1) is 20.9. The Kier molecular flexibility index (Phi) is 13.9. The standard InChI is InChI=1S/C7H13NO.C6H13NO.CH4.B/c1-8-4-2-7(6-9)3-5-8;8-5-6-1-3-7-4-2-6;;/h6-7H,2-5H2,1H3;6-8H,1-5H2;1H4;. The van der Waals surface area contributed by atoms with E-state index in [2.05, 4.69) is 17.3 Å². The van der Waals surface area contributed by atoms with Gasteiger partial charge in [-0.2, -0.15) is 0 Å². The molecule has 0 spiro atoms. The molecule has 0 aromatic heterocycles. The highest BCUT2D eigenvalue weighted by molar-refractivity contribution is 5.75. The van der Waals surface area contributed by atoms with Crippen LogP contribution in [0.25, 0.3) is 0 Å². The molecule has 2 aliphatic heterocycles. The monoisotopic (exact) mass is 269 g/mol. The summed E-state index contributed by atoms with van der Waals surface area (Å²) < 4.78 is 0. The van der Waals surface area contributed by atoms with Crippen LogP contribution in [0.1, 0.15) is 33.1 Å². The van der Waals surface area contributed by atoms with E-state index in [9.17, 15) is 4.79 Å². The number of carbonyl (C=O) groups is 1. The Morgan fingerprint density at radius 3 is 2.11 bits per heavy atom. The summed E-state index contributed by atoms with van der Waals surface area (Å²) in [6.45, 7) is 4.73. The smallest absolute Gasteiger partial charge is 0.123 e. The van der Waals surface area contributed by atoms with Crippen molar-refractivity contribution in [1.29, 1.82) is 0 Å². The van der Waals surface area contributed by atoms with Gasteiger partial charge in [-0.15, -0.1) is 0 Å². The second kappa shape index (κ2) is 12.6. The Labute approximate surface area is 120 Å². The number of hydrogen-bond acceptors (Lipinski definition) is 4. The van der Waals surface area contributed by atoms with Gasteiger partial charge in [0.25, 0.3) is 0 Å². The first-order valence-corrected chi connectivity index (χ1v) is 6.71. The number of carbonyl (C=O) groups excluding carboxylic acids is 1. The quantitative estimate of drug-likeness (QED) is 0.574. The van der Waals surface area contributed by atoms with Gasteiger partial charge in [0.1, 0.15) is 6.29 Å². The van der Waals surface area contributed by atoms with E-state index in [0.717, 1.165) is 58.1 Å². The summed E-state index contributed by atoms with van der Waals surface area (Å²) in [4.78, 5) is 12.5. The summed E-state index contributed by atoms with van der Waals surface area (Å²) in [6, 6.07) is 0. The fourth-order valence-electron chi connectivity index (χ4n) is 2.23. The minimum Gasteiger partial charge on any atom is -0.396 e. The number of nitrogens with zero attached hydrogens (tertiary/aromatic N) is 1. The predicted octanol–water partition coefficient (Wildman–Crippen LogP) is 0.761. The zero-order valence-electron chi connectivity index (χ0n) is 11.5. The van der Waals surface area contributed by atoms with Gasteiger partial charge in [-0.3, -0.25) is 0 Å². The number of rotatable bonds is 2. The van der Waals surface area contributed by atoms with Crippen LogP contribution in [0.3, 0.4) is 0 Å². The summed E-state index contributed by atoms with van der Waals surface area (Å²) in [5, 5.41) is 11.9. The van der Waals surface area contributed by atoms with Crippen molar-refractivity contribution in [3.8, 4) is 0 Å². The summed E-state index contributed by atoms with van der Waals surface area (Å²) >= 11 is 0. The molecule has 2 aliphatic rings. The lowest BCUT2D eigenvalue weighted by Crippen LogP contribution is -2.30. The zero-order chi connectivity index (χ0) is 12.5. The van der Waals surface area contributed by atoms with E-state index in [4.69, 9.17) is 5.11 Å². The molecule has 0 atom stereocenters. The molecule has 0 aromatic carbocycles. The lowest BCUT2D eigenvalue weighted by atomic mass is 9.99. The molecular formula is C14H30BN2O2. The van der Waals surface area contributed by atoms with Crippen LogP contribution in [0, 0.1) is 11.8 Å². The number of piperidine rings is 2. The van der Waals surface area contributed by atoms with Crippen molar-refractivity contribution in [2.75, 3.05) is 39.8 Å². The molecule has 2 fully saturated rings. The van der Waals surface area contributed by atoms with Gasteiger partial charge in [0.05, 0.1) is 0 Å². The van der Waals surface area contributed by atoms with Gasteiger partial charge in [-0.1, -0.05) is 7.43 Å². The van der Waals surface area contributed by atoms with E-state index in [1.807, 2.05) is 0 Å². The average molecular weight is 269 g/mol. The molecule has 4 nitrogen and oxygen atoms in total. The van der Waals surface area contributed by atoms with Gasteiger partial charge < -0.3 is 20.1 Å². The maximum Gasteiger partial charge on any atom is 0.123 e. The Balaban J connectivity index is 0. The molecule has 0 bridgehead atoms. The lowest BCUT2D eigenvalue weighted by molar-refractivity contribution is -0.112.